The van der Waals surface area contributed by atoms with Crippen LogP contribution in [0.15, 0.2) is 24.3 Å². The van der Waals surface area contributed by atoms with Crippen LogP contribution in [0.1, 0.15) is 89.2 Å². The Labute approximate surface area is 173 Å². The smallest absolute Gasteiger partial charge is 0.0753 e. The van der Waals surface area contributed by atoms with Crippen LogP contribution >= 0.6 is 0 Å². The maximum absolute atomic E-state index is 5.43. The molecule has 0 spiro atoms. The Balaban J connectivity index is 0.000000415. The molecule has 4 heteroatoms. The van der Waals surface area contributed by atoms with Crippen molar-refractivity contribution in [3.05, 3.63) is 46.8 Å². The summed E-state index contributed by atoms with van der Waals surface area (Å²) < 4.78 is 5.41. The lowest BCUT2D eigenvalue weighted by atomic mass is 10.1. The first-order chi connectivity index (χ1) is 13.5. The quantitative estimate of drug-likeness (QED) is 0.577. The van der Waals surface area contributed by atoms with Gasteiger partial charge in [-0.2, -0.15) is 5.10 Å². The first-order valence-electron chi connectivity index (χ1n) is 11.0. The zero-order chi connectivity index (χ0) is 21.2. The van der Waals surface area contributed by atoms with Crippen LogP contribution in [0.25, 0.3) is 0 Å². The molecule has 0 radical (unpaired) electrons. The van der Waals surface area contributed by atoms with Gasteiger partial charge in [0.25, 0.3) is 0 Å². The minimum atomic E-state index is 0.755. The van der Waals surface area contributed by atoms with Gasteiger partial charge in [0.05, 0.1) is 18.9 Å². The third kappa shape index (κ3) is 11.8. The van der Waals surface area contributed by atoms with Gasteiger partial charge in [0.2, 0.25) is 0 Å². The Morgan fingerprint density at radius 2 is 1.61 bits per heavy atom. The summed E-state index contributed by atoms with van der Waals surface area (Å²) in [4.78, 5) is 0. The SMILES string of the molecule is CCC.CCCC.CCCCc1n[nH]c2c1COCC2.Cc1ccc(N)cc1. The van der Waals surface area contributed by atoms with E-state index in [0.717, 1.165) is 31.7 Å². The van der Waals surface area contributed by atoms with Gasteiger partial charge in [-0.1, -0.05) is 78.0 Å². The number of aromatic nitrogens is 2. The number of hydrogen-bond acceptors (Lipinski definition) is 3. The summed E-state index contributed by atoms with van der Waals surface area (Å²) in [7, 11) is 0. The summed E-state index contributed by atoms with van der Waals surface area (Å²) in [5.41, 5.74) is 11.3. The molecule has 1 aliphatic rings. The lowest BCUT2D eigenvalue weighted by Crippen LogP contribution is -2.09. The molecule has 0 atom stereocenters. The number of ether oxygens (including phenoxy) is 1. The number of H-pyrrole nitrogens is 1. The van der Waals surface area contributed by atoms with Crippen molar-refractivity contribution in [2.75, 3.05) is 12.3 Å². The molecule has 0 bridgehead atoms. The number of nitrogens with two attached hydrogens (primary N) is 1. The van der Waals surface area contributed by atoms with E-state index in [1.807, 2.05) is 31.2 Å². The number of aromatic amines is 1. The fourth-order valence-electron chi connectivity index (χ4n) is 2.29. The Morgan fingerprint density at radius 3 is 2.11 bits per heavy atom. The molecule has 0 amide bonds. The van der Waals surface area contributed by atoms with E-state index in [2.05, 4.69) is 44.8 Å². The number of nitrogen functional groups attached to an aromatic ring is 1. The van der Waals surface area contributed by atoms with E-state index in [0.29, 0.717) is 0 Å². The standard InChI is InChI=1S/C10H16N2O.C7H9N.C4H10.C3H8/c1-2-3-4-9-8-7-13-6-5-10(8)12-11-9;1-6-2-4-7(8)5-3-6;1-3-4-2;1-3-2/h2-7H2,1H3,(H,11,12);2-5H,8H2,1H3;3-4H2,1-2H3;3H2,1-2H3. The van der Waals surface area contributed by atoms with E-state index >= 15 is 0 Å². The second-order valence-electron chi connectivity index (χ2n) is 7.15. The second-order valence-corrected chi connectivity index (χ2v) is 7.15. The minimum absolute atomic E-state index is 0.755. The number of nitrogens with zero attached hydrogens (tertiary/aromatic N) is 1. The number of unbranched alkanes of at least 4 members (excludes halogenated alkanes) is 2. The Hall–Kier alpha value is -1.81. The monoisotopic (exact) mass is 389 g/mol. The molecule has 0 saturated heterocycles. The van der Waals surface area contributed by atoms with Crippen LogP contribution in [0.4, 0.5) is 5.69 Å². The predicted octanol–water partition coefficient (Wildman–Crippen LogP) is 6.62. The van der Waals surface area contributed by atoms with Crippen LogP contribution in [-0.2, 0) is 24.2 Å². The summed E-state index contributed by atoms with van der Waals surface area (Å²) >= 11 is 0. The fourth-order valence-corrected chi connectivity index (χ4v) is 2.29. The van der Waals surface area contributed by atoms with E-state index in [-0.39, 0.29) is 0 Å². The van der Waals surface area contributed by atoms with Gasteiger partial charge in [0.15, 0.2) is 0 Å². The molecule has 0 saturated carbocycles. The summed E-state index contributed by atoms with van der Waals surface area (Å²) in [6.45, 7) is 14.4. The van der Waals surface area contributed by atoms with Gasteiger partial charge in [0, 0.05) is 23.4 Å². The molecule has 4 nitrogen and oxygen atoms in total. The van der Waals surface area contributed by atoms with Crippen LogP contribution < -0.4 is 5.73 Å². The summed E-state index contributed by atoms with van der Waals surface area (Å²) in [5, 5.41) is 7.44. The van der Waals surface area contributed by atoms with Gasteiger partial charge >= 0.3 is 0 Å². The lowest BCUT2D eigenvalue weighted by Gasteiger charge is -2.12. The number of benzene rings is 1. The van der Waals surface area contributed by atoms with Gasteiger partial charge in [-0.3, -0.25) is 5.10 Å². The van der Waals surface area contributed by atoms with Crippen molar-refractivity contribution in [3.8, 4) is 0 Å². The Kier molecular flexibility index (Phi) is 16.2. The van der Waals surface area contributed by atoms with Crippen molar-refractivity contribution in [1.82, 2.24) is 10.2 Å². The molecular formula is C24H43N3O. The largest absolute Gasteiger partial charge is 0.399 e. The van der Waals surface area contributed by atoms with Crippen LogP contribution in [0.5, 0.6) is 0 Å². The van der Waals surface area contributed by atoms with Crippen molar-refractivity contribution < 1.29 is 4.74 Å². The Morgan fingerprint density at radius 1 is 1.00 bits per heavy atom. The van der Waals surface area contributed by atoms with Crippen LogP contribution in [0.2, 0.25) is 0 Å². The molecule has 2 heterocycles. The summed E-state index contributed by atoms with van der Waals surface area (Å²) in [6, 6.07) is 7.79. The third-order valence-electron chi connectivity index (χ3n) is 4.13. The van der Waals surface area contributed by atoms with E-state index in [1.165, 1.54) is 54.6 Å². The number of aryl methyl sites for hydroxylation is 2. The molecule has 1 aromatic carbocycles. The Bertz CT molecular complexity index is 567. The maximum Gasteiger partial charge on any atom is 0.0753 e. The molecule has 0 fully saturated rings. The zero-order valence-corrected chi connectivity index (χ0v) is 19.1. The molecular weight excluding hydrogens is 346 g/mol. The number of nitrogens with one attached hydrogen (secondary N) is 1. The molecule has 3 rings (SSSR count). The highest BCUT2D eigenvalue weighted by molar-refractivity contribution is 5.38. The van der Waals surface area contributed by atoms with Crippen LogP contribution in [0, 0.1) is 6.92 Å². The van der Waals surface area contributed by atoms with Crippen molar-refractivity contribution in [2.45, 2.75) is 93.1 Å². The van der Waals surface area contributed by atoms with Gasteiger partial charge in [-0.15, -0.1) is 0 Å². The predicted molar refractivity (Wildman–Crippen MR) is 123 cm³/mol. The maximum atomic E-state index is 5.43. The second kappa shape index (κ2) is 17.3. The van der Waals surface area contributed by atoms with Crippen LogP contribution in [0.3, 0.4) is 0 Å². The summed E-state index contributed by atoms with van der Waals surface area (Å²) in [6.07, 6.45) is 8.42. The first-order valence-corrected chi connectivity index (χ1v) is 11.0. The van der Waals surface area contributed by atoms with E-state index in [4.69, 9.17) is 10.5 Å². The first kappa shape index (κ1) is 26.2. The number of fused-ring (bicyclic) bond motifs is 1. The molecule has 160 valence electrons. The highest BCUT2D eigenvalue weighted by atomic mass is 16.5. The fraction of sp³-hybridized carbons (Fsp3) is 0.625. The van der Waals surface area contributed by atoms with Gasteiger partial charge in [0.1, 0.15) is 0 Å². The molecule has 0 aliphatic carbocycles. The minimum Gasteiger partial charge on any atom is -0.399 e. The highest BCUT2D eigenvalue weighted by Gasteiger charge is 2.16. The lowest BCUT2D eigenvalue weighted by molar-refractivity contribution is 0.109. The van der Waals surface area contributed by atoms with Crippen LogP contribution in [-0.4, -0.2) is 16.8 Å². The van der Waals surface area contributed by atoms with Gasteiger partial charge in [-0.05, 0) is 31.9 Å². The van der Waals surface area contributed by atoms with Crippen molar-refractivity contribution in [2.24, 2.45) is 0 Å². The zero-order valence-electron chi connectivity index (χ0n) is 19.1. The number of rotatable bonds is 4. The average Bonchev–Trinajstić information content (AvgIpc) is 3.13. The molecule has 28 heavy (non-hydrogen) atoms. The van der Waals surface area contributed by atoms with Gasteiger partial charge in [-0.25, -0.2) is 0 Å². The van der Waals surface area contributed by atoms with E-state index < -0.39 is 0 Å². The molecule has 3 N–H and O–H groups in total. The van der Waals surface area contributed by atoms with Crippen molar-refractivity contribution in [1.29, 1.82) is 0 Å². The average molecular weight is 390 g/mol. The van der Waals surface area contributed by atoms with Crippen molar-refractivity contribution >= 4 is 5.69 Å². The van der Waals surface area contributed by atoms with Gasteiger partial charge < -0.3 is 10.5 Å². The number of anilines is 1. The molecule has 2 aromatic rings. The molecule has 0 unspecified atom stereocenters. The topological polar surface area (TPSA) is 63.9 Å². The molecule has 1 aliphatic heterocycles. The highest BCUT2D eigenvalue weighted by Crippen LogP contribution is 2.19. The van der Waals surface area contributed by atoms with E-state index in [1.54, 1.807) is 0 Å². The molecule has 1 aromatic heterocycles. The normalized spacial score (nSPS) is 11.6. The third-order valence-corrected chi connectivity index (χ3v) is 4.13. The summed E-state index contributed by atoms with van der Waals surface area (Å²) in [5.74, 6) is 0. The number of hydrogen-bond donors (Lipinski definition) is 2. The van der Waals surface area contributed by atoms with E-state index in [9.17, 15) is 0 Å². The van der Waals surface area contributed by atoms with Crippen molar-refractivity contribution in [3.63, 3.8) is 0 Å².